The van der Waals surface area contributed by atoms with Crippen molar-refractivity contribution in [2.45, 2.75) is 38.3 Å². The number of nitrogens with zero attached hydrogens (tertiary/aromatic N) is 1. The lowest BCUT2D eigenvalue weighted by atomic mass is 9.98. The van der Waals surface area contributed by atoms with Crippen LogP contribution in [0.2, 0.25) is 0 Å². The minimum atomic E-state index is 0.282. The topological polar surface area (TPSA) is 60.2 Å². The Bertz CT molecular complexity index is 379. The molecule has 3 N–H and O–H groups in total. The molecule has 2 atom stereocenters. The smallest absolute Gasteiger partial charge is 0.0755 e. The Morgan fingerprint density at radius 2 is 2.33 bits per heavy atom. The molecule has 18 heavy (non-hydrogen) atoms. The minimum Gasteiger partial charge on any atom is -0.398 e. The zero-order valence-electron chi connectivity index (χ0n) is 11.2. The Morgan fingerprint density at radius 3 is 2.89 bits per heavy atom. The van der Waals surface area contributed by atoms with Gasteiger partial charge in [-0.05, 0) is 43.4 Å². The lowest BCUT2D eigenvalue weighted by molar-refractivity contribution is 0.0516. The molecule has 1 heterocycles. The number of rotatable bonds is 7. The maximum absolute atomic E-state index is 5.99. The van der Waals surface area contributed by atoms with E-state index in [0.717, 1.165) is 24.2 Å². The van der Waals surface area contributed by atoms with Crippen molar-refractivity contribution in [1.29, 1.82) is 0 Å². The second kappa shape index (κ2) is 6.16. The SMILES string of the molecule is CCNC(Cc1cnccc1N)C(OC)C1CC1. The molecule has 0 aromatic carbocycles. The fourth-order valence-electron chi connectivity index (χ4n) is 2.52. The Kier molecular flexibility index (Phi) is 4.55. The summed E-state index contributed by atoms with van der Waals surface area (Å²) in [5.41, 5.74) is 7.91. The molecule has 100 valence electrons. The van der Waals surface area contributed by atoms with Gasteiger partial charge in [-0.3, -0.25) is 4.98 Å². The lowest BCUT2D eigenvalue weighted by Gasteiger charge is -2.27. The molecule has 0 amide bonds. The van der Waals surface area contributed by atoms with Crippen LogP contribution < -0.4 is 11.1 Å². The predicted molar refractivity (Wildman–Crippen MR) is 73.3 cm³/mol. The van der Waals surface area contributed by atoms with E-state index in [4.69, 9.17) is 10.5 Å². The second-order valence-corrected chi connectivity index (χ2v) is 4.98. The van der Waals surface area contributed by atoms with Crippen LogP contribution in [0.25, 0.3) is 0 Å². The summed E-state index contributed by atoms with van der Waals surface area (Å²) in [6, 6.07) is 2.18. The van der Waals surface area contributed by atoms with Gasteiger partial charge in [-0.25, -0.2) is 0 Å². The number of hydrogen-bond donors (Lipinski definition) is 2. The average molecular weight is 249 g/mol. The van der Waals surface area contributed by atoms with Gasteiger partial charge in [0.05, 0.1) is 6.10 Å². The van der Waals surface area contributed by atoms with E-state index in [1.165, 1.54) is 12.8 Å². The fraction of sp³-hybridized carbons (Fsp3) is 0.643. The van der Waals surface area contributed by atoms with E-state index in [-0.39, 0.29) is 6.10 Å². The van der Waals surface area contributed by atoms with E-state index < -0.39 is 0 Å². The van der Waals surface area contributed by atoms with Crippen LogP contribution in [0.15, 0.2) is 18.5 Å². The molecule has 0 radical (unpaired) electrons. The van der Waals surface area contributed by atoms with Crippen LogP contribution >= 0.6 is 0 Å². The number of nitrogen functional groups attached to an aromatic ring is 1. The van der Waals surface area contributed by atoms with Gasteiger partial charge in [-0.2, -0.15) is 0 Å². The molecule has 1 saturated carbocycles. The van der Waals surface area contributed by atoms with E-state index in [0.29, 0.717) is 12.0 Å². The Labute approximate surface area is 109 Å². The van der Waals surface area contributed by atoms with Gasteiger partial charge in [0.2, 0.25) is 0 Å². The van der Waals surface area contributed by atoms with Gasteiger partial charge in [-0.15, -0.1) is 0 Å². The van der Waals surface area contributed by atoms with Gasteiger partial charge in [0.1, 0.15) is 0 Å². The molecule has 1 aliphatic rings. The third-order valence-corrected chi connectivity index (χ3v) is 3.60. The number of aromatic nitrogens is 1. The third-order valence-electron chi connectivity index (χ3n) is 3.60. The van der Waals surface area contributed by atoms with Crippen LogP contribution in [0.5, 0.6) is 0 Å². The number of anilines is 1. The highest BCUT2D eigenvalue weighted by atomic mass is 16.5. The quantitative estimate of drug-likeness (QED) is 0.770. The summed E-state index contributed by atoms with van der Waals surface area (Å²) in [7, 11) is 1.81. The molecule has 2 rings (SSSR count). The molecule has 4 heteroatoms. The Hall–Kier alpha value is -1.13. The number of nitrogens with one attached hydrogen (secondary N) is 1. The number of likely N-dealkylation sites (N-methyl/N-ethyl adjacent to an activating group) is 1. The van der Waals surface area contributed by atoms with Gasteiger partial charge in [0.25, 0.3) is 0 Å². The highest BCUT2D eigenvalue weighted by Gasteiger charge is 2.36. The van der Waals surface area contributed by atoms with E-state index >= 15 is 0 Å². The summed E-state index contributed by atoms with van der Waals surface area (Å²) in [6.07, 6.45) is 7.31. The highest BCUT2D eigenvalue weighted by Crippen LogP contribution is 2.36. The zero-order chi connectivity index (χ0) is 13.0. The van der Waals surface area contributed by atoms with E-state index in [1.54, 1.807) is 13.3 Å². The first kappa shape index (κ1) is 13.3. The maximum atomic E-state index is 5.99. The number of hydrogen-bond acceptors (Lipinski definition) is 4. The van der Waals surface area contributed by atoms with Crippen molar-refractivity contribution in [3.8, 4) is 0 Å². The van der Waals surface area contributed by atoms with Crippen molar-refractivity contribution < 1.29 is 4.74 Å². The van der Waals surface area contributed by atoms with Crippen molar-refractivity contribution in [2.75, 3.05) is 19.4 Å². The van der Waals surface area contributed by atoms with Crippen molar-refractivity contribution >= 4 is 5.69 Å². The first-order valence-electron chi connectivity index (χ1n) is 6.70. The van der Waals surface area contributed by atoms with Gasteiger partial charge >= 0.3 is 0 Å². The predicted octanol–water partition coefficient (Wildman–Crippen LogP) is 1.61. The third kappa shape index (κ3) is 3.21. The first-order valence-corrected chi connectivity index (χ1v) is 6.70. The van der Waals surface area contributed by atoms with E-state index in [1.807, 2.05) is 12.3 Å². The molecule has 0 aliphatic heterocycles. The first-order chi connectivity index (χ1) is 8.76. The van der Waals surface area contributed by atoms with Gasteiger partial charge in [0.15, 0.2) is 0 Å². The summed E-state index contributed by atoms with van der Waals surface area (Å²) in [6.45, 7) is 3.07. The van der Waals surface area contributed by atoms with Gasteiger partial charge < -0.3 is 15.8 Å². The van der Waals surface area contributed by atoms with Crippen LogP contribution in [0, 0.1) is 5.92 Å². The molecule has 0 saturated heterocycles. The summed E-state index contributed by atoms with van der Waals surface area (Å²) in [5, 5.41) is 3.52. The standard InChI is InChI=1S/C14H23N3O/c1-3-17-13(14(18-2)10-4-5-10)8-11-9-16-7-6-12(11)15/h6-7,9-10,13-14,17H,3-5,8H2,1-2H3,(H2,15,16). The normalized spacial score (nSPS) is 18.6. The molecule has 4 nitrogen and oxygen atoms in total. The summed E-state index contributed by atoms with van der Waals surface area (Å²) in [5.74, 6) is 0.706. The van der Waals surface area contributed by atoms with Crippen molar-refractivity contribution in [3.05, 3.63) is 24.0 Å². The van der Waals surface area contributed by atoms with Crippen LogP contribution in [0.4, 0.5) is 5.69 Å². The lowest BCUT2D eigenvalue weighted by Crippen LogP contribution is -2.43. The highest BCUT2D eigenvalue weighted by molar-refractivity contribution is 5.44. The molecule has 1 aromatic rings. The van der Waals surface area contributed by atoms with Crippen LogP contribution in [0.1, 0.15) is 25.3 Å². The van der Waals surface area contributed by atoms with Crippen LogP contribution in [0.3, 0.4) is 0 Å². The van der Waals surface area contributed by atoms with E-state index in [9.17, 15) is 0 Å². The molecular formula is C14H23N3O. The molecule has 0 bridgehead atoms. The summed E-state index contributed by atoms with van der Waals surface area (Å²) < 4.78 is 5.68. The van der Waals surface area contributed by atoms with Crippen LogP contribution in [-0.2, 0) is 11.2 Å². The Morgan fingerprint density at radius 1 is 1.56 bits per heavy atom. The number of pyridine rings is 1. The van der Waals surface area contributed by atoms with Crippen molar-refractivity contribution in [3.63, 3.8) is 0 Å². The van der Waals surface area contributed by atoms with Gasteiger partial charge in [0, 0.05) is 31.2 Å². The minimum absolute atomic E-state index is 0.282. The maximum Gasteiger partial charge on any atom is 0.0755 e. The molecule has 1 aliphatic carbocycles. The molecular weight excluding hydrogens is 226 g/mol. The number of ether oxygens (including phenoxy) is 1. The largest absolute Gasteiger partial charge is 0.398 e. The second-order valence-electron chi connectivity index (χ2n) is 4.98. The molecule has 2 unspecified atom stereocenters. The van der Waals surface area contributed by atoms with Crippen molar-refractivity contribution in [1.82, 2.24) is 10.3 Å². The average Bonchev–Trinajstić information content (AvgIpc) is 3.18. The zero-order valence-corrected chi connectivity index (χ0v) is 11.2. The summed E-state index contributed by atoms with van der Waals surface area (Å²) >= 11 is 0. The number of methoxy groups -OCH3 is 1. The monoisotopic (exact) mass is 249 g/mol. The molecule has 1 aromatic heterocycles. The fourth-order valence-corrected chi connectivity index (χ4v) is 2.52. The van der Waals surface area contributed by atoms with Gasteiger partial charge in [-0.1, -0.05) is 6.92 Å². The Balaban J connectivity index is 2.07. The van der Waals surface area contributed by atoms with Crippen LogP contribution in [-0.4, -0.2) is 30.8 Å². The summed E-state index contributed by atoms with van der Waals surface area (Å²) in [4.78, 5) is 4.16. The molecule has 0 spiro atoms. The van der Waals surface area contributed by atoms with Crippen molar-refractivity contribution in [2.24, 2.45) is 5.92 Å². The molecule has 1 fully saturated rings. The number of nitrogens with two attached hydrogens (primary N) is 1. The van der Waals surface area contributed by atoms with E-state index in [2.05, 4.69) is 17.2 Å².